The number of para-hydroxylation sites is 2. The summed E-state index contributed by atoms with van der Waals surface area (Å²) in [5.74, 6) is -0.997. The minimum atomic E-state index is -0.508. The summed E-state index contributed by atoms with van der Waals surface area (Å²) in [6.07, 6.45) is 25.7. The Balaban J connectivity index is 0.000000852. The summed E-state index contributed by atoms with van der Waals surface area (Å²) in [4.78, 5) is 76.3. The number of benzene rings is 6. The summed E-state index contributed by atoms with van der Waals surface area (Å²) in [6, 6.07) is 38.7. The van der Waals surface area contributed by atoms with E-state index in [1.54, 1.807) is 84.9 Å². The van der Waals surface area contributed by atoms with E-state index in [0.717, 1.165) is 130 Å². The second-order valence-corrected chi connectivity index (χ2v) is 29.5. The molecule has 0 aliphatic carbocycles. The zero-order valence-electron chi connectivity index (χ0n) is 71.6. The van der Waals surface area contributed by atoms with E-state index in [1.807, 2.05) is 36.4 Å². The van der Waals surface area contributed by atoms with Gasteiger partial charge in [0.25, 0.3) is 17.7 Å². The molecule has 3 amide bonds. The highest BCUT2D eigenvalue weighted by Crippen LogP contribution is 2.26. The van der Waals surface area contributed by atoms with Gasteiger partial charge < -0.3 is 109 Å². The summed E-state index contributed by atoms with van der Waals surface area (Å²) in [5.41, 5.74) is 4.21. The van der Waals surface area contributed by atoms with Crippen molar-refractivity contribution in [1.82, 2.24) is 0 Å². The number of rotatable bonds is 54. The van der Waals surface area contributed by atoms with Crippen molar-refractivity contribution < 1.29 is 126 Å². The monoisotopic (exact) mass is 1790 g/mol. The first-order valence-electron chi connectivity index (χ1n) is 42.4. The van der Waals surface area contributed by atoms with E-state index in [2.05, 4.69) is 99.2 Å². The molecule has 0 spiro atoms. The fourth-order valence-corrected chi connectivity index (χ4v) is 13.0. The molecule has 6 aromatic rings. The molecular formula is C93H140Br3FN6O12. The van der Waals surface area contributed by atoms with Crippen LogP contribution < -0.4 is 81.1 Å². The Kier molecular flexibility index (Phi) is 57.1. The van der Waals surface area contributed by atoms with Crippen LogP contribution in [-0.2, 0) is 14.2 Å². The standard InChI is InChI=1S/2C32H48N2O4.C29H41FN2O4.3BrH/c1-5-9-11-12-16-25-37-30-18-14-13-17-29(30)31(35)33-28-21-19-27(20-22-28)32(36)38-26-24-34(7-3,8-4)23-15-10-6-2;1-5-9-11-12-13-16-25-37-30-18-15-14-17-29(30)31(35)33-28-21-19-27(20-22-28)32(36)38-26-24-34(7-3,8-4)23-10-6-2;1-5-8-9-10-11-12-20-35-27-18-15-24(30)22-26(27)28(33)31-25-16-13-23(14-17-25)29(34)36-21-19-32(4,6-2)7-3;;;/h13-14,17-22H,5-12,15-16,23-26H2,1-4H3;14-15,17-22H,5-13,16,23-26H2,1-4H3;13-18,22H,5-12,19-21H2,1-4H3;3*1H. The predicted molar refractivity (Wildman–Crippen MR) is 454 cm³/mol. The number of ether oxygens (including phenoxy) is 6. The van der Waals surface area contributed by atoms with Crippen LogP contribution in [0.4, 0.5) is 21.5 Å². The number of nitrogens with one attached hydrogen (secondary N) is 3. The maximum atomic E-state index is 13.9. The largest absolute Gasteiger partial charge is 1.00 e. The molecule has 0 heterocycles. The van der Waals surface area contributed by atoms with Gasteiger partial charge in [-0.2, -0.15) is 0 Å². The highest BCUT2D eigenvalue weighted by molar-refractivity contribution is 6.08. The van der Waals surface area contributed by atoms with Crippen LogP contribution in [-0.4, -0.2) is 168 Å². The first-order valence-corrected chi connectivity index (χ1v) is 42.4. The highest BCUT2D eigenvalue weighted by atomic mass is 79.9. The molecule has 115 heavy (non-hydrogen) atoms. The fourth-order valence-electron chi connectivity index (χ4n) is 13.0. The molecule has 3 N–H and O–H groups in total. The SMILES string of the molecule is CCCCCCCCOc1ccc(F)cc1C(=O)Nc1ccc(C(=O)OCC[N+](C)(CC)CC)cc1.CCCCCCCCOc1ccccc1C(=O)Nc1ccc(C(=O)OCC[N+](CC)(CC)CCCC)cc1.CCCCCCCOc1ccccc1C(=O)Nc1ccc(C(=O)OCC[N+](CC)(CC)CCCCC)cc1.[Br-].[Br-].[Br-]. The molecule has 0 saturated carbocycles. The second kappa shape index (κ2) is 62.0. The summed E-state index contributed by atoms with van der Waals surface area (Å²) in [6.45, 7) is 37.7. The quantitative estimate of drug-likeness (QED) is 0.0142. The van der Waals surface area contributed by atoms with Crippen LogP contribution in [0, 0.1) is 5.82 Å². The number of unbranched alkanes of at least 4 members (excludes halogenated alkanes) is 17. The number of nitrogens with zero attached hydrogens (tertiary/aromatic N) is 3. The van der Waals surface area contributed by atoms with Gasteiger partial charge in [-0.15, -0.1) is 0 Å². The lowest BCUT2D eigenvalue weighted by Crippen LogP contribution is -3.00. The number of carbonyl (C=O) groups excluding carboxylic acids is 6. The third kappa shape index (κ3) is 40.7. The molecule has 0 aliphatic heterocycles. The van der Waals surface area contributed by atoms with Crippen molar-refractivity contribution >= 4 is 52.7 Å². The van der Waals surface area contributed by atoms with Crippen LogP contribution in [0.5, 0.6) is 17.2 Å². The Bertz CT molecular complexity index is 3630. The van der Waals surface area contributed by atoms with Crippen molar-refractivity contribution in [3.8, 4) is 17.2 Å². The van der Waals surface area contributed by atoms with Crippen molar-refractivity contribution in [2.45, 2.75) is 217 Å². The van der Waals surface area contributed by atoms with Gasteiger partial charge in [-0.25, -0.2) is 18.8 Å². The molecule has 22 heteroatoms. The number of anilines is 3. The highest BCUT2D eigenvalue weighted by Gasteiger charge is 2.26. The predicted octanol–water partition coefficient (Wildman–Crippen LogP) is 12.5. The van der Waals surface area contributed by atoms with Crippen molar-refractivity contribution in [3.63, 3.8) is 0 Å². The number of hydrogen-bond acceptors (Lipinski definition) is 12. The Morgan fingerprint density at radius 1 is 0.304 bits per heavy atom. The minimum absolute atomic E-state index is 0. The van der Waals surface area contributed by atoms with E-state index in [1.165, 1.54) is 115 Å². The molecule has 0 radical (unpaired) electrons. The fraction of sp³-hybridized carbons (Fsp3) is 0.548. The van der Waals surface area contributed by atoms with Gasteiger partial charge in [0.1, 0.15) is 62.5 Å². The van der Waals surface area contributed by atoms with Crippen molar-refractivity contribution in [3.05, 3.63) is 179 Å². The van der Waals surface area contributed by atoms with Crippen molar-refractivity contribution in [1.29, 1.82) is 0 Å². The van der Waals surface area contributed by atoms with Gasteiger partial charge in [0.15, 0.2) is 0 Å². The van der Waals surface area contributed by atoms with E-state index in [9.17, 15) is 33.2 Å². The van der Waals surface area contributed by atoms with E-state index in [4.69, 9.17) is 28.4 Å². The summed E-state index contributed by atoms with van der Waals surface area (Å²) in [5, 5.41) is 8.58. The smallest absolute Gasteiger partial charge is 0.338 e. The second-order valence-electron chi connectivity index (χ2n) is 29.5. The number of likely N-dealkylation sites (N-methyl/N-ethyl adjacent to an activating group) is 3. The van der Waals surface area contributed by atoms with Gasteiger partial charge in [0.05, 0.1) is 113 Å². The normalized spacial score (nSPS) is 11.0. The lowest BCUT2D eigenvalue weighted by Gasteiger charge is -2.36. The molecule has 0 saturated heterocycles. The van der Waals surface area contributed by atoms with Crippen LogP contribution >= 0.6 is 0 Å². The first kappa shape index (κ1) is 106. The molecule has 18 nitrogen and oxygen atoms in total. The molecule has 6 rings (SSSR count). The van der Waals surface area contributed by atoms with Gasteiger partial charge in [-0.1, -0.05) is 162 Å². The third-order valence-electron chi connectivity index (χ3n) is 21.5. The molecule has 0 unspecified atom stereocenters. The topological polar surface area (TPSA) is 194 Å². The molecule has 0 aromatic heterocycles. The van der Waals surface area contributed by atoms with Gasteiger partial charge in [-0.3, -0.25) is 14.4 Å². The van der Waals surface area contributed by atoms with Crippen LogP contribution in [0.15, 0.2) is 140 Å². The maximum absolute atomic E-state index is 13.9. The first-order chi connectivity index (χ1) is 54.3. The van der Waals surface area contributed by atoms with Gasteiger partial charge >= 0.3 is 17.9 Å². The molecular weight excluding hydrogens is 1650 g/mol. The number of quaternary nitrogens is 3. The molecule has 0 aliphatic rings. The number of esters is 3. The minimum Gasteiger partial charge on any atom is -1.00 e. The third-order valence-corrected chi connectivity index (χ3v) is 21.5. The summed E-state index contributed by atoms with van der Waals surface area (Å²) >= 11 is 0. The zero-order valence-corrected chi connectivity index (χ0v) is 76.4. The van der Waals surface area contributed by atoms with E-state index in [-0.39, 0.29) is 80.3 Å². The van der Waals surface area contributed by atoms with Crippen molar-refractivity contribution in [2.24, 2.45) is 0 Å². The lowest BCUT2D eigenvalue weighted by atomic mass is 10.1. The van der Waals surface area contributed by atoms with Crippen LogP contribution in [0.2, 0.25) is 0 Å². The van der Waals surface area contributed by atoms with Crippen molar-refractivity contribution in [2.75, 3.05) is 135 Å². The molecule has 0 fully saturated rings. The molecule has 6 aromatic carbocycles. The molecule has 0 bridgehead atoms. The van der Waals surface area contributed by atoms with Gasteiger partial charge in [0.2, 0.25) is 0 Å². The van der Waals surface area contributed by atoms with Crippen LogP contribution in [0.3, 0.4) is 0 Å². The lowest BCUT2D eigenvalue weighted by molar-refractivity contribution is -0.925. The zero-order chi connectivity index (χ0) is 81.7. The van der Waals surface area contributed by atoms with E-state index >= 15 is 0 Å². The average molecular weight is 1790 g/mol. The maximum Gasteiger partial charge on any atom is 0.338 e. The van der Waals surface area contributed by atoms with Crippen LogP contribution in [0.25, 0.3) is 0 Å². The number of halogens is 4. The van der Waals surface area contributed by atoms with Gasteiger partial charge in [-0.05, 0) is 195 Å². The molecule has 0 atom stereocenters. The number of amides is 3. The summed E-state index contributed by atoms with van der Waals surface area (Å²) in [7, 11) is 2.13. The van der Waals surface area contributed by atoms with E-state index in [0.29, 0.717) is 102 Å². The van der Waals surface area contributed by atoms with E-state index < -0.39 is 17.7 Å². The average Bonchev–Trinajstić information content (AvgIpc) is 0.982. The Morgan fingerprint density at radius 2 is 0.600 bits per heavy atom. The van der Waals surface area contributed by atoms with Gasteiger partial charge in [0, 0.05) is 17.1 Å². The number of carbonyl (C=O) groups is 6. The van der Waals surface area contributed by atoms with Crippen LogP contribution in [0.1, 0.15) is 280 Å². The number of hydrogen-bond donors (Lipinski definition) is 3. The Morgan fingerprint density at radius 3 is 0.939 bits per heavy atom. The Labute approximate surface area is 721 Å². The Hall–Kier alpha value is -7.21. The molecule has 642 valence electrons. The summed E-state index contributed by atoms with van der Waals surface area (Å²) < 4.78 is 50.9.